The molecule has 1 heterocycles. The van der Waals surface area contributed by atoms with Crippen molar-refractivity contribution in [2.24, 2.45) is 0 Å². The van der Waals surface area contributed by atoms with Gasteiger partial charge in [0, 0.05) is 20.9 Å². The molecule has 18 heavy (non-hydrogen) atoms. The summed E-state index contributed by atoms with van der Waals surface area (Å²) in [5, 5.41) is 5.82. The minimum Gasteiger partial charge on any atom is -0.312 e. The first kappa shape index (κ1) is 16.2. The molecule has 0 spiro atoms. The molecule has 0 aliphatic carbocycles. The molecule has 2 unspecified atom stereocenters. The Morgan fingerprint density at radius 3 is 2.50 bits per heavy atom. The molecule has 2 atom stereocenters. The molecule has 1 aromatic heterocycles. The summed E-state index contributed by atoms with van der Waals surface area (Å²) in [7, 11) is 4.36. The summed E-state index contributed by atoms with van der Waals surface area (Å²) in [5.74, 6) is 0. The van der Waals surface area contributed by atoms with Crippen molar-refractivity contribution in [3.63, 3.8) is 0 Å². The van der Waals surface area contributed by atoms with Gasteiger partial charge in [0.2, 0.25) is 0 Å². The third-order valence-corrected chi connectivity index (χ3v) is 5.97. The molecule has 0 bridgehead atoms. The molecular weight excluding hydrogens is 308 g/mol. The normalized spacial score (nSPS) is 16.8. The Balaban J connectivity index is 2.91. The van der Waals surface area contributed by atoms with Crippen LogP contribution in [0.15, 0.2) is 15.9 Å². The van der Waals surface area contributed by atoms with Gasteiger partial charge in [-0.2, -0.15) is 0 Å². The average Bonchev–Trinajstić information content (AvgIpc) is 2.73. The number of halogens is 1. The van der Waals surface area contributed by atoms with Crippen LogP contribution in [0.2, 0.25) is 0 Å². The molecule has 0 amide bonds. The Hall–Kier alpha value is 0.1000. The second-order valence-corrected chi connectivity index (χ2v) is 6.97. The molecule has 1 N–H and O–H groups in total. The summed E-state index contributed by atoms with van der Waals surface area (Å²) in [6, 6.07) is 2.61. The van der Waals surface area contributed by atoms with E-state index in [0.717, 1.165) is 19.4 Å². The predicted octanol–water partition coefficient (Wildman–Crippen LogP) is 3.76. The van der Waals surface area contributed by atoms with Gasteiger partial charge in [0.1, 0.15) is 0 Å². The number of likely N-dealkylation sites (N-methyl/N-ethyl adjacent to an activating group) is 2. The maximum absolute atomic E-state index is 3.67. The van der Waals surface area contributed by atoms with Crippen molar-refractivity contribution >= 4 is 27.3 Å². The largest absolute Gasteiger partial charge is 0.312 e. The number of rotatable bonds is 7. The van der Waals surface area contributed by atoms with Crippen molar-refractivity contribution in [2.45, 2.75) is 45.2 Å². The number of nitrogens with one attached hydrogen (secondary N) is 1. The molecule has 104 valence electrons. The van der Waals surface area contributed by atoms with Crippen molar-refractivity contribution < 1.29 is 0 Å². The van der Waals surface area contributed by atoms with Crippen molar-refractivity contribution in [3.05, 3.63) is 20.8 Å². The third kappa shape index (κ3) is 3.56. The Morgan fingerprint density at radius 2 is 2.11 bits per heavy atom. The lowest BCUT2D eigenvalue weighted by Gasteiger charge is -2.43. The van der Waals surface area contributed by atoms with Crippen molar-refractivity contribution in [3.8, 4) is 0 Å². The van der Waals surface area contributed by atoms with Crippen LogP contribution in [0.4, 0.5) is 0 Å². The third-order valence-electron chi connectivity index (χ3n) is 4.02. The minimum atomic E-state index is 0.180. The van der Waals surface area contributed by atoms with Crippen LogP contribution in [0.25, 0.3) is 0 Å². The molecule has 4 heteroatoms. The lowest BCUT2D eigenvalue weighted by atomic mass is 9.85. The average molecular weight is 333 g/mol. The Labute approximate surface area is 124 Å². The zero-order chi connectivity index (χ0) is 13.8. The van der Waals surface area contributed by atoms with Crippen LogP contribution in [0, 0.1) is 0 Å². The van der Waals surface area contributed by atoms with Gasteiger partial charge in [0.25, 0.3) is 0 Å². The fraction of sp³-hybridized carbons (Fsp3) is 0.714. The van der Waals surface area contributed by atoms with Gasteiger partial charge in [-0.1, -0.05) is 13.8 Å². The summed E-state index contributed by atoms with van der Waals surface area (Å²) in [4.78, 5) is 3.78. The van der Waals surface area contributed by atoms with Gasteiger partial charge in [0.15, 0.2) is 0 Å². The molecule has 0 aromatic carbocycles. The van der Waals surface area contributed by atoms with Crippen LogP contribution in [0.3, 0.4) is 0 Å². The van der Waals surface area contributed by atoms with Crippen LogP contribution in [-0.4, -0.2) is 37.1 Å². The quantitative estimate of drug-likeness (QED) is 0.817. The number of hydrogen-bond donors (Lipinski definition) is 1. The van der Waals surface area contributed by atoms with Crippen LogP contribution < -0.4 is 5.32 Å². The highest BCUT2D eigenvalue weighted by atomic mass is 79.9. The lowest BCUT2D eigenvalue weighted by molar-refractivity contribution is 0.113. The summed E-state index contributed by atoms with van der Waals surface area (Å²) in [6.45, 7) is 7.81. The molecule has 1 rings (SSSR count). The summed E-state index contributed by atoms with van der Waals surface area (Å²) in [5.41, 5.74) is 0.180. The molecular formula is C14H25BrN2S. The van der Waals surface area contributed by atoms with E-state index in [1.54, 1.807) is 0 Å². The zero-order valence-corrected chi connectivity index (χ0v) is 14.5. The molecule has 0 saturated heterocycles. The van der Waals surface area contributed by atoms with Gasteiger partial charge < -0.3 is 10.2 Å². The summed E-state index contributed by atoms with van der Waals surface area (Å²) in [6.07, 6.45) is 2.22. The van der Waals surface area contributed by atoms with Crippen LogP contribution >= 0.6 is 27.3 Å². The van der Waals surface area contributed by atoms with Crippen LogP contribution in [0.5, 0.6) is 0 Å². The first-order chi connectivity index (χ1) is 8.45. The summed E-state index contributed by atoms with van der Waals surface area (Å²) >= 11 is 5.48. The van der Waals surface area contributed by atoms with E-state index < -0.39 is 0 Å². The maximum atomic E-state index is 3.67. The fourth-order valence-electron chi connectivity index (χ4n) is 2.29. The second-order valence-electron chi connectivity index (χ2n) is 5.11. The Morgan fingerprint density at radius 1 is 1.44 bits per heavy atom. The van der Waals surface area contributed by atoms with E-state index in [1.807, 2.05) is 11.3 Å². The van der Waals surface area contributed by atoms with E-state index in [9.17, 15) is 0 Å². The lowest BCUT2D eigenvalue weighted by Crippen LogP contribution is -2.57. The molecule has 0 fully saturated rings. The number of hydrogen-bond acceptors (Lipinski definition) is 3. The monoisotopic (exact) mass is 332 g/mol. The highest BCUT2D eigenvalue weighted by Gasteiger charge is 2.34. The van der Waals surface area contributed by atoms with Gasteiger partial charge in [-0.15, -0.1) is 11.3 Å². The van der Waals surface area contributed by atoms with Gasteiger partial charge in [-0.3, -0.25) is 0 Å². The highest BCUT2D eigenvalue weighted by Crippen LogP contribution is 2.29. The van der Waals surface area contributed by atoms with E-state index >= 15 is 0 Å². The topological polar surface area (TPSA) is 15.3 Å². The fourth-order valence-corrected chi connectivity index (χ4v) is 3.85. The maximum Gasteiger partial charge on any atom is 0.0329 e. The van der Waals surface area contributed by atoms with Crippen molar-refractivity contribution in [1.29, 1.82) is 0 Å². The summed E-state index contributed by atoms with van der Waals surface area (Å²) < 4.78 is 1.24. The standard InChI is InChI=1S/C14H25BrN2S/c1-6-14(3,17(4)5)13(16-7-2)10-12-11(15)8-9-18-12/h8-9,13,16H,6-7,10H2,1-5H3. The van der Waals surface area contributed by atoms with Crippen LogP contribution in [0.1, 0.15) is 32.1 Å². The van der Waals surface area contributed by atoms with E-state index in [1.165, 1.54) is 9.35 Å². The van der Waals surface area contributed by atoms with Gasteiger partial charge in [-0.05, 0) is 67.8 Å². The van der Waals surface area contributed by atoms with Crippen LogP contribution in [-0.2, 0) is 6.42 Å². The first-order valence-electron chi connectivity index (χ1n) is 6.58. The minimum absolute atomic E-state index is 0.180. The molecule has 0 saturated carbocycles. The number of thiophene rings is 1. The van der Waals surface area contributed by atoms with Gasteiger partial charge in [-0.25, -0.2) is 0 Å². The zero-order valence-electron chi connectivity index (χ0n) is 12.1. The van der Waals surface area contributed by atoms with E-state index in [0.29, 0.717) is 6.04 Å². The Bertz CT molecular complexity index is 364. The van der Waals surface area contributed by atoms with Gasteiger partial charge >= 0.3 is 0 Å². The van der Waals surface area contributed by atoms with Crippen molar-refractivity contribution in [1.82, 2.24) is 10.2 Å². The molecule has 2 nitrogen and oxygen atoms in total. The molecule has 0 aliphatic heterocycles. The molecule has 0 radical (unpaired) electrons. The Kier molecular flexibility index (Phi) is 6.31. The SMILES string of the molecule is CCNC(Cc1sccc1Br)C(C)(CC)N(C)C. The molecule has 1 aromatic rings. The van der Waals surface area contributed by atoms with E-state index in [-0.39, 0.29) is 5.54 Å². The number of nitrogens with zero attached hydrogens (tertiary/aromatic N) is 1. The molecule has 0 aliphatic rings. The van der Waals surface area contributed by atoms with Gasteiger partial charge in [0.05, 0.1) is 0 Å². The van der Waals surface area contributed by atoms with Crippen molar-refractivity contribution in [2.75, 3.05) is 20.6 Å². The second kappa shape index (κ2) is 7.04. The smallest absolute Gasteiger partial charge is 0.0329 e. The predicted molar refractivity (Wildman–Crippen MR) is 85.6 cm³/mol. The highest BCUT2D eigenvalue weighted by molar-refractivity contribution is 9.10. The van der Waals surface area contributed by atoms with E-state index in [4.69, 9.17) is 0 Å². The van der Waals surface area contributed by atoms with E-state index in [2.05, 4.69) is 72.5 Å². The first-order valence-corrected chi connectivity index (χ1v) is 8.25.